The maximum absolute atomic E-state index is 12.5. The van der Waals surface area contributed by atoms with Crippen LogP contribution in [0.15, 0.2) is 36.0 Å². The number of hydrogen-bond acceptors (Lipinski definition) is 4. The minimum atomic E-state index is -0.347. The normalized spacial score (nSPS) is 16.0. The third-order valence-corrected chi connectivity index (χ3v) is 4.06. The molecular weight excluding hydrogens is 306 g/mol. The molecule has 2 rings (SSSR count). The topological polar surface area (TPSA) is 70.7 Å². The Morgan fingerprint density at radius 3 is 2.54 bits per heavy atom. The molecule has 6 heteroatoms. The average molecular weight is 331 g/mol. The van der Waals surface area contributed by atoms with Crippen LogP contribution in [0.4, 0.5) is 0 Å². The zero-order valence-corrected chi connectivity index (χ0v) is 14.1. The maximum Gasteiger partial charge on any atom is 0.271 e. The lowest BCUT2D eigenvalue weighted by molar-refractivity contribution is -0.119. The Kier molecular flexibility index (Phi) is 7.29. The summed E-state index contributed by atoms with van der Waals surface area (Å²) in [5.41, 5.74) is 0.855. The molecule has 1 aliphatic heterocycles. The molecule has 0 aliphatic carbocycles. The minimum Gasteiger partial charge on any atom is -0.494 e. The van der Waals surface area contributed by atoms with Crippen LogP contribution in [0.5, 0.6) is 0 Å². The average Bonchev–Trinajstić information content (AvgIpc) is 2.63. The van der Waals surface area contributed by atoms with Crippen LogP contribution in [0.25, 0.3) is 5.76 Å². The summed E-state index contributed by atoms with van der Waals surface area (Å²) in [4.78, 5) is 25.7. The Bertz CT molecular complexity index is 566. The number of carbonyl (C=O) groups excluding carboxylic acids is 2. The fourth-order valence-electron chi connectivity index (χ4n) is 2.85. The molecule has 1 heterocycles. The van der Waals surface area contributed by atoms with Crippen LogP contribution in [-0.4, -0.2) is 50.5 Å². The number of likely N-dealkylation sites (tertiary alicyclic amines) is 1. The molecule has 130 valence electrons. The second-order valence-corrected chi connectivity index (χ2v) is 5.69. The molecule has 1 aromatic carbocycles. The lowest BCUT2D eigenvalue weighted by Gasteiger charge is -2.26. The number of amides is 2. The van der Waals surface area contributed by atoms with E-state index in [1.807, 2.05) is 30.3 Å². The van der Waals surface area contributed by atoms with Crippen molar-refractivity contribution in [2.24, 2.45) is 0 Å². The van der Waals surface area contributed by atoms with Gasteiger partial charge in [-0.3, -0.25) is 9.59 Å². The molecule has 0 spiro atoms. The van der Waals surface area contributed by atoms with Crippen LogP contribution in [0.2, 0.25) is 0 Å². The van der Waals surface area contributed by atoms with Gasteiger partial charge < -0.3 is 20.3 Å². The Morgan fingerprint density at radius 2 is 1.92 bits per heavy atom. The second kappa shape index (κ2) is 9.72. The van der Waals surface area contributed by atoms with Gasteiger partial charge in [0.15, 0.2) is 5.76 Å². The molecule has 1 fully saturated rings. The molecule has 2 N–H and O–H groups in total. The largest absolute Gasteiger partial charge is 0.494 e. The van der Waals surface area contributed by atoms with Crippen LogP contribution >= 0.6 is 0 Å². The van der Waals surface area contributed by atoms with Gasteiger partial charge in [-0.2, -0.15) is 0 Å². The van der Waals surface area contributed by atoms with E-state index in [-0.39, 0.29) is 11.6 Å². The van der Waals surface area contributed by atoms with Crippen molar-refractivity contribution in [3.05, 3.63) is 41.6 Å². The number of hydrogen-bond donors (Lipinski definition) is 2. The van der Waals surface area contributed by atoms with Gasteiger partial charge in [0.05, 0.1) is 7.11 Å². The Labute approximate surface area is 142 Å². The molecule has 24 heavy (non-hydrogen) atoms. The van der Waals surface area contributed by atoms with Crippen LogP contribution in [0, 0.1) is 0 Å². The Hall–Kier alpha value is -2.34. The van der Waals surface area contributed by atoms with Crippen molar-refractivity contribution in [1.82, 2.24) is 15.5 Å². The van der Waals surface area contributed by atoms with Gasteiger partial charge in [0, 0.05) is 18.7 Å². The van der Waals surface area contributed by atoms with Gasteiger partial charge in [-0.05, 0) is 25.9 Å². The third kappa shape index (κ3) is 5.09. The number of piperidine rings is 1. The number of nitrogens with one attached hydrogen (secondary N) is 2. The maximum atomic E-state index is 12.5. The summed E-state index contributed by atoms with van der Waals surface area (Å²) in [7, 11) is 1.48. The molecule has 0 unspecified atom stereocenters. The highest BCUT2D eigenvalue weighted by Crippen LogP contribution is 2.18. The second-order valence-electron chi connectivity index (χ2n) is 5.69. The summed E-state index contributed by atoms with van der Waals surface area (Å²) >= 11 is 0. The van der Waals surface area contributed by atoms with Gasteiger partial charge in [0.1, 0.15) is 5.70 Å². The molecule has 0 atom stereocenters. The van der Waals surface area contributed by atoms with E-state index in [4.69, 9.17) is 4.74 Å². The lowest BCUT2D eigenvalue weighted by Crippen LogP contribution is -2.40. The van der Waals surface area contributed by atoms with Crippen molar-refractivity contribution < 1.29 is 14.3 Å². The predicted molar refractivity (Wildman–Crippen MR) is 92.9 cm³/mol. The smallest absolute Gasteiger partial charge is 0.271 e. The fourth-order valence-corrected chi connectivity index (χ4v) is 2.85. The van der Waals surface area contributed by atoms with E-state index in [9.17, 15) is 9.59 Å². The van der Waals surface area contributed by atoms with Crippen LogP contribution in [0.1, 0.15) is 24.8 Å². The van der Waals surface area contributed by atoms with Crippen LogP contribution in [-0.2, 0) is 14.3 Å². The van der Waals surface area contributed by atoms with E-state index in [1.165, 1.54) is 26.4 Å². The Balaban J connectivity index is 2.03. The summed E-state index contributed by atoms with van der Waals surface area (Å²) in [5, 5.41) is 5.33. The summed E-state index contributed by atoms with van der Waals surface area (Å²) < 4.78 is 5.36. The highest BCUT2D eigenvalue weighted by Gasteiger charge is 2.18. The molecule has 0 aromatic heterocycles. The summed E-state index contributed by atoms with van der Waals surface area (Å²) in [5.74, 6) is -0.00187. The first-order chi connectivity index (χ1) is 11.8. The lowest BCUT2D eigenvalue weighted by atomic mass is 10.1. The number of benzene rings is 1. The number of methoxy groups -OCH3 is 1. The van der Waals surface area contributed by atoms with E-state index in [2.05, 4.69) is 15.5 Å². The fraction of sp³-hybridized carbons (Fsp3) is 0.444. The summed E-state index contributed by atoms with van der Waals surface area (Å²) in [6.07, 6.45) is 4.20. The van der Waals surface area contributed by atoms with Gasteiger partial charge in [-0.15, -0.1) is 0 Å². The van der Waals surface area contributed by atoms with Crippen molar-refractivity contribution in [3.63, 3.8) is 0 Å². The van der Waals surface area contributed by atoms with E-state index in [0.717, 1.165) is 25.2 Å². The Morgan fingerprint density at radius 1 is 1.21 bits per heavy atom. The molecule has 1 saturated heterocycles. The zero-order valence-electron chi connectivity index (χ0n) is 14.1. The minimum absolute atomic E-state index is 0.123. The van der Waals surface area contributed by atoms with Gasteiger partial charge >= 0.3 is 0 Å². The molecule has 1 aromatic rings. The summed E-state index contributed by atoms with van der Waals surface area (Å²) in [6.45, 7) is 3.51. The zero-order chi connectivity index (χ0) is 17.2. The van der Waals surface area contributed by atoms with Crippen LogP contribution in [0.3, 0.4) is 0 Å². The molecule has 0 saturated carbocycles. The molecule has 0 radical (unpaired) electrons. The van der Waals surface area contributed by atoms with Crippen LogP contribution < -0.4 is 10.6 Å². The highest BCUT2D eigenvalue weighted by molar-refractivity contribution is 6.01. The molecular formula is C18H25N3O3. The number of rotatable bonds is 8. The molecule has 0 bridgehead atoms. The van der Waals surface area contributed by atoms with Gasteiger partial charge in [0.25, 0.3) is 5.91 Å². The monoisotopic (exact) mass is 331 g/mol. The van der Waals surface area contributed by atoms with E-state index >= 15 is 0 Å². The first-order valence-electron chi connectivity index (χ1n) is 8.30. The quantitative estimate of drug-likeness (QED) is 0.429. The van der Waals surface area contributed by atoms with Crippen molar-refractivity contribution in [2.75, 3.05) is 33.3 Å². The summed E-state index contributed by atoms with van der Waals surface area (Å²) in [6, 6.07) is 9.23. The van der Waals surface area contributed by atoms with E-state index < -0.39 is 0 Å². The molecule has 2 amide bonds. The highest BCUT2D eigenvalue weighted by atomic mass is 16.5. The number of carbonyl (C=O) groups is 2. The molecule has 6 nitrogen and oxygen atoms in total. The van der Waals surface area contributed by atoms with Gasteiger partial charge in [-0.25, -0.2) is 0 Å². The van der Waals surface area contributed by atoms with Crippen molar-refractivity contribution >= 4 is 18.1 Å². The van der Waals surface area contributed by atoms with Gasteiger partial charge in [0.2, 0.25) is 6.41 Å². The standard InChI is InChI=1S/C18H25N3O3/c1-24-17(15-8-4-2-5-9-15)16(20-14-22)18(23)19-10-13-21-11-6-3-7-12-21/h2,4-5,8-9,14H,3,6-7,10-13H2,1H3,(H,19,23)(H,20,22)/b17-16-. The molecule has 1 aliphatic rings. The van der Waals surface area contributed by atoms with Crippen molar-refractivity contribution in [2.45, 2.75) is 19.3 Å². The predicted octanol–water partition coefficient (Wildman–Crippen LogP) is 1.35. The van der Waals surface area contributed by atoms with E-state index in [1.54, 1.807) is 0 Å². The first kappa shape index (κ1) is 18.0. The third-order valence-electron chi connectivity index (χ3n) is 4.06. The van der Waals surface area contributed by atoms with Crippen molar-refractivity contribution in [3.8, 4) is 0 Å². The van der Waals surface area contributed by atoms with E-state index in [0.29, 0.717) is 18.7 Å². The number of ether oxygens (including phenoxy) is 1. The first-order valence-corrected chi connectivity index (χ1v) is 8.30. The van der Waals surface area contributed by atoms with Gasteiger partial charge in [-0.1, -0.05) is 36.8 Å². The van der Waals surface area contributed by atoms with Crippen molar-refractivity contribution in [1.29, 1.82) is 0 Å². The SMILES string of the molecule is CO/C(=C(\NC=O)C(=O)NCCN1CCCCC1)c1ccccc1. The number of nitrogens with zero attached hydrogens (tertiary/aromatic N) is 1.